The lowest BCUT2D eigenvalue weighted by Gasteiger charge is -2.43. The highest BCUT2D eigenvalue weighted by molar-refractivity contribution is 7.98. The average molecular weight is 679 g/mol. The van der Waals surface area contributed by atoms with E-state index in [1.54, 1.807) is 14.0 Å². The van der Waals surface area contributed by atoms with Crippen LogP contribution in [0.2, 0.25) is 18.1 Å². The number of ether oxygens (including phenoxy) is 3. The molecule has 2 N–H and O–H groups in total. The number of rotatable bonds is 16. The lowest BCUT2D eigenvalue weighted by molar-refractivity contribution is 0.0547. The standard InChI is InChI=1S/C31H46N4O7S2Si/c1-12-14-39-28(36)26-20(5)24(38-9)16-25(42-45(10,11)31(7,8)19(3)4)22(26)17-44-18-23(27-32-21(6)35-41-27)33-29(43)34-30(37)40-15-13-2/h12-13,16,19,23H,1-2,14-15,17-18H2,3-11H3,(H2,33,34,37,43)/t23-/m0/s1. The number of thioether (sulfide) groups is 1. The maximum atomic E-state index is 13.5. The van der Waals surface area contributed by atoms with Gasteiger partial charge in [0.05, 0.1) is 12.7 Å². The van der Waals surface area contributed by atoms with E-state index in [1.807, 2.05) is 13.0 Å². The van der Waals surface area contributed by atoms with Crippen LogP contribution in [0.25, 0.3) is 0 Å². The number of amides is 1. The van der Waals surface area contributed by atoms with Crippen molar-refractivity contribution in [1.82, 2.24) is 20.8 Å². The molecule has 0 bridgehead atoms. The number of benzene rings is 1. The summed E-state index contributed by atoms with van der Waals surface area (Å²) < 4.78 is 28.5. The molecule has 1 atom stereocenters. The van der Waals surface area contributed by atoms with Gasteiger partial charge >= 0.3 is 12.1 Å². The molecule has 0 aliphatic carbocycles. The highest BCUT2D eigenvalue weighted by atomic mass is 32.2. The van der Waals surface area contributed by atoms with Crippen molar-refractivity contribution >= 4 is 49.5 Å². The number of esters is 1. The van der Waals surface area contributed by atoms with Gasteiger partial charge in [-0.05, 0) is 50.1 Å². The van der Waals surface area contributed by atoms with E-state index in [1.165, 1.54) is 23.9 Å². The van der Waals surface area contributed by atoms with Crippen LogP contribution in [0.4, 0.5) is 4.79 Å². The summed E-state index contributed by atoms with van der Waals surface area (Å²) in [5, 5.41) is 9.34. The molecular weight excluding hydrogens is 633 g/mol. The zero-order chi connectivity index (χ0) is 33.9. The first kappa shape index (κ1) is 37.8. The summed E-state index contributed by atoms with van der Waals surface area (Å²) >= 11 is 6.82. The second kappa shape index (κ2) is 16.8. The van der Waals surface area contributed by atoms with E-state index in [4.69, 9.17) is 35.4 Å². The molecule has 14 heteroatoms. The van der Waals surface area contributed by atoms with Crippen molar-refractivity contribution in [2.45, 2.75) is 71.5 Å². The summed E-state index contributed by atoms with van der Waals surface area (Å²) in [4.78, 5) is 29.9. The van der Waals surface area contributed by atoms with E-state index in [0.717, 1.165) is 0 Å². The van der Waals surface area contributed by atoms with E-state index in [-0.39, 0.29) is 29.3 Å². The van der Waals surface area contributed by atoms with Crippen LogP contribution in [0.3, 0.4) is 0 Å². The van der Waals surface area contributed by atoms with Crippen LogP contribution in [-0.4, -0.2) is 61.7 Å². The predicted molar refractivity (Wildman–Crippen MR) is 184 cm³/mol. The fraction of sp³-hybridized carbons (Fsp3) is 0.516. The monoisotopic (exact) mass is 678 g/mol. The van der Waals surface area contributed by atoms with Gasteiger partial charge in [0.2, 0.25) is 5.89 Å². The minimum Gasteiger partial charge on any atom is -0.543 e. The lowest BCUT2D eigenvalue weighted by Crippen LogP contribution is -2.48. The molecule has 2 rings (SSSR count). The first-order chi connectivity index (χ1) is 21.1. The van der Waals surface area contributed by atoms with Gasteiger partial charge in [-0.1, -0.05) is 58.2 Å². The zero-order valence-electron chi connectivity index (χ0n) is 27.7. The molecular formula is C31H46N4O7S2Si. The third-order valence-electron chi connectivity index (χ3n) is 7.95. The second-order valence-corrected chi connectivity index (χ2v) is 17.6. The second-order valence-electron chi connectivity index (χ2n) is 11.7. The average Bonchev–Trinajstić information content (AvgIpc) is 3.41. The van der Waals surface area contributed by atoms with Crippen LogP contribution in [0, 0.1) is 19.8 Å². The minimum atomic E-state index is -2.41. The Kier molecular flexibility index (Phi) is 14.1. The number of methoxy groups -OCH3 is 1. The molecule has 45 heavy (non-hydrogen) atoms. The molecule has 248 valence electrons. The topological polar surface area (TPSA) is 134 Å². The van der Waals surface area contributed by atoms with Gasteiger partial charge in [0.1, 0.15) is 30.8 Å². The Balaban J connectivity index is 2.50. The number of carbonyl (C=O) groups excluding carboxylic acids is 2. The molecule has 2 aromatic rings. The largest absolute Gasteiger partial charge is 0.543 e. The molecule has 0 fully saturated rings. The Morgan fingerprint density at radius 1 is 1.16 bits per heavy atom. The number of aromatic nitrogens is 2. The first-order valence-corrected chi connectivity index (χ1v) is 19.0. The van der Waals surface area contributed by atoms with Crippen molar-refractivity contribution in [3.63, 3.8) is 0 Å². The summed E-state index contributed by atoms with van der Waals surface area (Å²) in [5.41, 5.74) is 1.70. The number of carbonyl (C=O) groups is 2. The van der Waals surface area contributed by atoms with E-state index >= 15 is 0 Å². The fourth-order valence-electron chi connectivity index (χ4n) is 4.18. The summed E-state index contributed by atoms with van der Waals surface area (Å²) in [5.74, 6) is 2.41. The molecule has 0 aliphatic rings. The first-order valence-electron chi connectivity index (χ1n) is 14.5. The number of hydrogen-bond donors (Lipinski definition) is 2. The lowest BCUT2D eigenvalue weighted by atomic mass is 9.99. The molecule has 11 nitrogen and oxygen atoms in total. The van der Waals surface area contributed by atoms with E-state index in [2.05, 4.69) is 74.7 Å². The SMILES string of the molecule is C=CCOC(=O)NC(=S)N[C@@H](CSCc1c(O[Si](C)(C)C(C)(C)C(C)C)cc(OC)c(C)c1C(=O)OCC=C)c1nc(C)no1. The minimum absolute atomic E-state index is 0.0205. The number of hydrogen-bond acceptors (Lipinski definition) is 11. The summed E-state index contributed by atoms with van der Waals surface area (Å²) in [6.07, 6.45) is 2.24. The third kappa shape index (κ3) is 10.1. The van der Waals surface area contributed by atoms with Crippen molar-refractivity contribution in [2.75, 3.05) is 26.1 Å². The predicted octanol–water partition coefficient (Wildman–Crippen LogP) is 6.82. The quantitative estimate of drug-likeness (QED) is 0.0835. The fourth-order valence-corrected chi connectivity index (χ4v) is 7.87. The maximum absolute atomic E-state index is 13.5. The van der Waals surface area contributed by atoms with E-state index in [9.17, 15) is 9.59 Å². The smallest absolute Gasteiger partial charge is 0.413 e. The number of nitrogens with one attached hydrogen (secondary N) is 2. The van der Waals surface area contributed by atoms with Crippen LogP contribution in [-0.2, 0) is 15.2 Å². The van der Waals surface area contributed by atoms with Crippen molar-refractivity contribution in [1.29, 1.82) is 0 Å². The molecule has 0 spiro atoms. The van der Waals surface area contributed by atoms with Gasteiger partial charge in [0.25, 0.3) is 8.32 Å². The highest BCUT2D eigenvalue weighted by Crippen LogP contribution is 2.47. The summed E-state index contributed by atoms with van der Waals surface area (Å²) in [6, 6.07) is 1.28. The van der Waals surface area contributed by atoms with Gasteiger partial charge in [-0.25, -0.2) is 9.59 Å². The van der Waals surface area contributed by atoms with Gasteiger partial charge < -0.3 is 28.5 Å². The molecule has 1 amide bonds. The molecule has 1 aromatic heterocycles. The molecule has 1 heterocycles. The van der Waals surface area contributed by atoms with E-state index in [0.29, 0.717) is 51.4 Å². The molecule has 0 saturated carbocycles. The van der Waals surface area contributed by atoms with Gasteiger partial charge in [-0.15, -0.1) is 0 Å². The number of nitrogens with zero attached hydrogens (tertiary/aromatic N) is 2. The van der Waals surface area contributed by atoms with Gasteiger partial charge in [0.15, 0.2) is 10.9 Å². The number of thiocarbonyl (C=S) groups is 1. The van der Waals surface area contributed by atoms with Crippen LogP contribution >= 0.6 is 24.0 Å². The Morgan fingerprint density at radius 2 is 1.80 bits per heavy atom. The van der Waals surface area contributed by atoms with Crippen molar-refractivity contribution in [2.24, 2.45) is 5.92 Å². The van der Waals surface area contributed by atoms with Gasteiger partial charge in [0, 0.05) is 28.7 Å². The highest BCUT2D eigenvalue weighted by Gasteiger charge is 2.45. The molecule has 0 aliphatic heterocycles. The number of aryl methyl sites for hydroxylation is 1. The van der Waals surface area contributed by atoms with Gasteiger partial charge in [-0.3, -0.25) is 5.32 Å². The maximum Gasteiger partial charge on any atom is 0.413 e. The Morgan fingerprint density at radius 3 is 2.36 bits per heavy atom. The van der Waals surface area contributed by atoms with Crippen LogP contribution < -0.4 is 19.8 Å². The Bertz CT molecular complexity index is 1380. The van der Waals surface area contributed by atoms with Crippen LogP contribution in [0.5, 0.6) is 11.5 Å². The summed E-state index contributed by atoms with van der Waals surface area (Å²) in [6.45, 7) is 24.0. The molecule has 1 aromatic carbocycles. The molecule has 0 saturated heterocycles. The third-order valence-corrected chi connectivity index (χ3v) is 13.6. The van der Waals surface area contributed by atoms with Crippen molar-refractivity contribution < 1.29 is 32.7 Å². The van der Waals surface area contributed by atoms with Crippen molar-refractivity contribution in [3.8, 4) is 11.5 Å². The van der Waals surface area contributed by atoms with Gasteiger partial charge in [-0.2, -0.15) is 16.7 Å². The van der Waals surface area contributed by atoms with Crippen LogP contribution in [0.1, 0.15) is 66.9 Å². The zero-order valence-corrected chi connectivity index (χ0v) is 30.3. The summed E-state index contributed by atoms with van der Waals surface area (Å²) in [7, 11) is -0.852. The molecule has 0 radical (unpaired) electrons. The van der Waals surface area contributed by atoms with Crippen LogP contribution in [0.15, 0.2) is 35.9 Å². The Labute approximate surface area is 277 Å². The molecule has 0 unspecified atom stereocenters. The Hall–Kier alpha value is -3.36. The number of alkyl carbamates (subject to hydrolysis) is 1. The normalized spacial score (nSPS) is 12.2. The van der Waals surface area contributed by atoms with E-state index < -0.39 is 26.4 Å². The van der Waals surface area contributed by atoms with Crippen molar-refractivity contribution in [3.05, 3.63) is 59.8 Å².